The van der Waals surface area contributed by atoms with Crippen LogP contribution in [0.5, 0.6) is 5.75 Å². The number of nitrogens with one attached hydrogen (secondary N) is 1. The molecule has 0 unspecified atom stereocenters. The van der Waals surface area contributed by atoms with Crippen LogP contribution in [0.2, 0.25) is 0 Å². The summed E-state index contributed by atoms with van der Waals surface area (Å²) < 4.78 is 6.51. The lowest BCUT2D eigenvalue weighted by atomic mass is 10.1. The number of pyridine rings is 1. The van der Waals surface area contributed by atoms with Crippen molar-refractivity contribution in [2.24, 2.45) is 0 Å². The molecule has 4 heteroatoms. The van der Waals surface area contributed by atoms with Crippen molar-refractivity contribution in [2.45, 2.75) is 27.3 Å². The maximum Gasteiger partial charge on any atom is 0.126 e. The molecular formula is C16H19BrN2O. The van der Waals surface area contributed by atoms with E-state index in [0.29, 0.717) is 6.54 Å². The number of aryl methyl sites for hydroxylation is 3. The molecule has 2 aromatic rings. The highest BCUT2D eigenvalue weighted by molar-refractivity contribution is 9.10. The predicted molar refractivity (Wildman–Crippen MR) is 86.5 cm³/mol. The molecule has 1 heterocycles. The molecule has 0 amide bonds. The highest BCUT2D eigenvalue weighted by Gasteiger charge is 2.08. The van der Waals surface area contributed by atoms with Crippen molar-refractivity contribution in [2.75, 3.05) is 12.4 Å². The number of nitrogens with zero attached hydrogens (tertiary/aromatic N) is 1. The van der Waals surface area contributed by atoms with Crippen LogP contribution in [0.3, 0.4) is 0 Å². The molecule has 0 aliphatic carbocycles. The maximum atomic E-state index is 5.49. The normalized spacial score (nSPS) is 10.4. The van der Waals surface area contributed by atoms with E-state index in [0.717, 1.165) is 32.9 Å². The molecule has 1 N–H and O–H groups in total. The second kappa shape index (κ2) is 6.27. The van der Waals surface area contributed by atoms with Gasteiger partial charge < -0.3 is 10.1 Å². The summed E-state index contributed by atoms with van der Waals surface area (Å²) in [5.41, 5.74) is 4.51. The quantitative estimate of drug-likeness (QED) is 0.900. The third-order valence-electron chi connectivity index (χ3n) is 3.18. The minimum Gasteiger partial charge on any atom is -0.496 e. The third-order valence-corrected chi connectivity index (χ3v) is 4.02. The van der Waals surface area contributed by atoms with Gasteiger partial charge in [0.2, 0.25) is 0 Å². The SMILES string of the molecule is COc1c(C)cc(C)cc1CNc1ccc(Br)c(C)n1. The summed E-state index contributed by atoms with van der Waals surface area (Å²) in [4.78, 5) is 4.49. The van der Waals surface area contributed by atoms with Gasteiger partial charge in [0.1, 0.15) is 11.6 Å². The second-order valence-electron chi connectivity index (χ2n) is 4.89. The van der Waals surface area contributed by atoms with Crippen LogP contribution < -0.4 is 10.1 Å². The van der Waals surface area contributed by atoms with Crippen molar-refractivity contribution in [3.05, 3.63) is 51.1 Å². The van der Waals surface area contributed by atoms with Crippen LogP contribution in [0.15, 0.2) is 28.7 Å². The number of benzene rings is 1. The standard InChI is InChI=1S/C16H19BrN2O/c1-10-7-11(2)16(20-4)13(8-10)9-18-15-6-5-14(17)12(3)19-15/h5-8H,9H2,1-4H3,(H,18,19). The topological polar surface area (TPSA) is 34.1 Å². The fourth-order valence-electron chi connectivity index (χ4n) is 2.29. The highest BCUT2D eigenvalue weighted by Crippen LogP contribution is 2.26. The van der Waals surface area contributed by atoms with E-state index in [4.69, 9.17) is 4.74 Å². The fraction of sp³-hybridized carbons (Fsp3) is 0.312. The summed E-state index contributed by atoms with van der Waals surface area (Å²) in [6, 6.07) is 8.24. The summed E-state index contributed by atoms with van der Waals surface area (Å²) in [6.07, 6.45) is 0. The molecule has 0 bridgehead atoms. The Kier molecular flexibility index (Phi) is 4.65. The Morgan fingerprint density at radius 2 is 1.95 bits per heavy atom. The molecule has 0 spiro atoms. The van der Waals surface area contributed by atoms with Crippen molar-refractivity contribution in [1.29, 1.82) is 0 Å². The molecule has 3 nitrogen and oxygen atoms in total. The van der Waals surface area contributed by atoms with E-state index in [1.54, 1.807) is 7.11 Å². The van der Waals surface area contributed by atoms with E-state index in [1.807, 2.05) is 19.1 Å². The van der Waals surface area contributed by atoms with Crippen LogP contribution in [0, 0.1) is 20.8 Å². The Bertz CT molecular complexity index is 626. The molecule has 0 saturated heterocycles. The van der Waals surface area contributed by atoms with E-state index < -0.39 is 0 Å². The number of rotatable bonds is 4. The minimum absolute atomic E-state index is 0.694. The van der Waals surface area contributed by atoms with Crippen LogP contribution in [0.4, 0.5) is 5.82 Å². The van der Waals surface area contributed by atoms with Gasteiger partial charge in [-0.05, 0) is 54.4 Å². The summed E-state index contributed by atoms with van der Waals surface area (Å²) >= 11 is 3.46. The van der Waals surface area contributed by atoms with Crippen molar-refractivity contribution in [3.8, 4) is 5.75 Å². The van der Waals surface area contributed by atoms with Gasteiger partial charge in [-0.1, -0.05) is 17.7 Å². The van der Waals surface area contributed by atoms with Crippen LogP contribution in [-0.4, -0.2) is 12.1 Å². The van der Waals surface area contributed by atoms with Gasteiger partial charge >= 0.3 is 0 Å². The monoisotopic (exact) mass is 334 g/mol. The van der Waals surface area contributed by atoms with Gasteiger partial charge in [-0.3, -0.25) is 0 Å². The zero-order valence-electron chi connectivity index (χ0n) is 12.2. The molecule has 0 atom stereocenters. The Balaban J connectivity index is 2.20. The summed E-state index contributed by atoms with van der Waals surface area (Å²) in [6.45, 7) is 6.84. The van der Waals surface area contributed by atoms with Crippen molar-refractivity contribution in [3.63, 3.8) is 0 Å². The number of hydrogen-bond acceptors (Lipinski definition) is 3. The van der Waals surface area contributed by atoms with Gasteiger partial charge in [-0.2, -0.15) is 0 Å². The maximum absolute atomic E-state index is 5.49. The number of halogens is 1. The van der Waals surface area contributed by atoms with Crippen molar-refractivity contribution in [1.82, 2.24) is 4.98 Å². The zero-order chi connectivity index (χ0) is 14.7. The first kappa shape index (κ1) is 14.9. The summed E-state index contributed by atoms with van der Waals surface area (Å²) in [5.74, 6) is 1.81. The first-order chi connectivity index (χ1) is 9.51. The first-order valence-corrected chi connectivity index (χ1v) is 7.31. The number of hydrogen-bond donors (Lipinski definition) is 1. The Hall–Kier alpha value is -1.55. The Morgan fingerprint density at radius 1 is 1.20 bits per heavy atom. The average Bonchev–Trinajstić information content (AvgIpc) is 2.39. The third kappa shape index (κ3) is 3.31. The molecule has 1 aromatic heterocycles. The van der Waals surface area contributed by atoms with Crippen LogP contribution in [0.25, 0.3) is 0 Å². The van der Waals surface area contributed by atoms with Gasteiger partial charge in [0.05, 0.1) is 12.8 Å². The van der Waals surface area contributed by atoms with Gasteiger partial charge in [0, 0.05) is 16.6 Å². The van der Waals surface area contributed by atoms with Gasteiger partial charge in [-0.15, -0.1) is 0 Å². The second-order valence-corrected chi connectivity index (χ2v) is 5.75. The predicted octanol–water partition coefficient (Wildman–Crippen LogP) is 4.39. The van der Waals surface area contributed by atoms with Gasteiger partial charge in [0.25, 0.3) is 0 Å². The molecule has 0 radical (unpaired) electrons. The van der Waals surface area contributed by atoms with Gasteiger partial charge in [0.15, 0.2) is 0 Å². The molecular weight excluding hydrogens is 316 g/mol. The van der Waals surface area contributed by atoms with Crippen molar-refractivity contribution >= 4 is 21.7 Å². The zero-order valence-corrected chi connectivity index (χ0v) is 13.8. The minimum atomic E-state index is 0.694. The number of methoxy groups -OCH3 is 1. The highest BCUT2D eigenvalue weighted by atomic mass is 79.9. The molecule has 0 aliphatic heterocycles. The molecule has 20 heavy (non-hydrogen) atoms. The molecule has 0 saturated carbocycles. The largest absolute Gasteiger partial charge is 0.496 e. The fourth-order valence-corrected chi connectivity index (χ4v) is 2.51. The lowest BCUT2D eigenvalue weighted by Gasteiger charge is -2.14. The summed E-state index contributed by atoms with van der Waals surface area (Å²) in [7, 11) is 1.71. The van der Waals surface area contributed by atoms with Crippen molar-refractivity contribution < 1.29 is 4.74 Å². The Labute approximate surface area is 128 Å². The molecule has 0 aliphatic rings. The molecule has 106 valence electrons. The van der Waals surface area contributed by atoms with E-state index in [2.05, 4.69) is 52.2 Å². The smallest absolute Gasteiger partial charge is 0.126 e. The van der Waals surface area contributed by atoms with Crippen LogP contribution in [-0.2, 0) is 6.54 Å². The molecule has 2 rings (SSSR count). The Morgan fingerprint density at radius 3 is 2.60 bits per heavy atom. The average molecular weight is 335 g/mol. The van der Waals surface area contributed by atoms with E-state index >= 15 is 0 Å². The summed E-state index contributed by atoms with van der Waals surface area (Å²) in [5, 5.41) is 3.35. The number of anilines is 1. The van der Waals surface area contributed by atoms with E-state index in [-0.39, 0.29) is 0 Å². The number of aromatic nitrogens is 1. The first-order valence-electron chi connectivity index (χ1n) is 6.52. The van der Waals surface area contributed by atoms with Gasteiger partial charge in [-0.25, -0.2) is 4.98 Å². The molecule has 1 aromatic carbocycles. The number of ether oxygens (including phenoxy) is 1. The lowest BCUT2D eigenvalue weighted by Crippen LogP contribution is -2.05. The van der Waals surface area contributed by atoms with Crippen LogP contribution in [0.1, 0.15) is 22.4 Å². The molecule has 0 fully saturated rings. The van der Waals surface area contributed by atoms with E-state index in [9.17, 15) is 0 Å². The van der Waals surface area contributed by atoms with Crippen LogP contribution >= 0.6 is 15.9 Å². The lowest BCUT2D eigenvalue weighted by molar-refractivity contribution is 0.407. The van der Waals surface area contributed by atoms with E-state index in [1.165, 1.54) is 5.56 Å².